The smallest absolute Gasteiger partial charge is 0.244 e. The lowest BCUT2D eigenvalue weighted by atomic mass is 9.48. The monoisotopic (exact) mass is 419 g/mol. The van der Waals surface area contributed by atoms with Gasteiger partial charge in [0.05, 0.1) is 12.2 Å². The molecule has 0 radical (unpaired) electrons. The summed E-state index contributed by atoms with van der Waals surface area (Å²) in [5.74, 6) is 2.12. The highest BCUT2D eigenvalue weighted by Gasteiger charge is 2.51. The van der Waals surface area contributed by atoms with Crippen LogP contribution in [0.3, 0.4) is 0 Å². The van der Waals surface area contributed by atoms with Crippen molar-refractivity contribution in [1.82, 2.24) is 20.1 Å². The predicted molar refractivity (Wildman–Crippen MR) is 117 cm³/mol. The first-order chi connectivity index (χ1) is 15.0. The van der Waals surface area contributed by atoms with Gasteiger partial charge in [-0.3, -0.25) is 9.59 Å². The SMILES string of the molecule is C/C(=C/C(=O)NCC(=O)Nc1ccc(-n2cncn2)cc1)C12CC3CC(CC(C3)C1)C2. The quantitative estimate of drug-likeness (QED) is 0.702. The number of aromatic nitrogens is 3. The second-order valence-electron chi connectivity index (χ2n) is 9.68. The number of carbonyl (C=O) groups is 2. The molecule has 4 aliphatic carbocycles. The van der Waals surface area contributed by atoms with E-state index in [0.29, 0.717) is 5.69 Å². The van der Waals surface area contributed by atoms with E-state index in [1.54, 1.807) is 29.2 Å². The Bertz CT molecular complexity index is 958. The topological polar surface area (TPSA) is 88.9 Å². The zero-order chi connectivity index (χ0) is 21.4. The number of hydrogen-bond acceptors (Lipinski definition) is 4. The molecule has 0 spiro atoms. The summed E-state index contributed by atoms with van der Waals surface area (Å²) in [6, 6.07) is 7.29. The van der Waals surface area contributed by atoms with Gasteiger partial charge in [0.2, 0.25) is 11.8 Å². The van der Waals surface area contributed by atoms with Crippen LogP contribution < -0.4 is 10.6 Å². The minimum atomic E-state index is -0.247. The highest BCUT2D eigenvalue weighted by Crippen LogP contribution is 2.62. The van der Waals surface area contributed by atoms with Crippen molar-refractivity contribution in [3.8, 4) is 5.69 Å². The van der Waals surface area contributed by atoms with Crippen molar-refractivity contribution >= 4 is 17.5 Å². The van der Waals surface area contributed by atoms with E-state index < -0.39 is 0 Å². The maximum absolute atomic E-state index is 12.5. The van der Waals surface area contributed by atoms with Crippen LogP contribution in [-0.2, 0) is 9.59 Å². The molecular formula is C24H29N5O2. The number of hydrogen-bond donors (Lipinski definition) is 2. The molecule has 1 aromatic carbocycles. The third-order valence-electron chi connectivity index (χ3n) is 7.48. The number of rotatable bonds is 6. The zero-order valence-electron chi connectivity index (χ0n) is 17.9. The second kappa shape index (κ2) is 7.94. The summed E-state index contributed by atoms with van der Waals surface area (Å²) in [6.45, 7) is 2.07. The number of allylic oxidation sites excluding steroid dienone is 1. The summed E-state index contributed by atoms with van der Waals surface area (Å²) in [5.41, 5.74) is 2.95. The van der Waals surface area contributed by atoms with Crippen molar-refractivity contribution < 1.29 is 9.59 Å². The van der Waals surface area contributed by atoms with Gasteiger partial charge in [-0.1, -0.05) is 5.57 Å². The van der Waals surface area contributed by atoms with Crippen LogP contribution in [0.1, 0.15) is 45.4 Å². The van der Waals surface area contributed by atoms with Crippen LogP contribution in [0.4, 0.5) is 5.69 Å². The summed E-state index contributed by atoms with van der Waals surface area (Å²) < 4.78 is 1.64. The van der Waals surface area contributed by atoms with Gasteiger partial charge in [0.25, 0.3) is 0 Å². The van der Waals surface area contributed by atoms with Crippen molar-refractivity contribution in [2.45, 2.75) is 45.4 Å². The first-order valence-electron chi connectivity index (χ1n) is 11.2. The van der Waals surface area contributed by atoms with Gasteiger partial charge in [0, 0.05) is 11.8 Å². The molecule has 0 unspecified atom stereocenters. The van der Waals surface area contributed by atoms with Crippen LogP contribution in [0.15, 0.2) is 48.6 Å². The number of amides is 2. The summed E-state index contributed by atoms with van der Waals surface area (Å²) >= 11 is 0. The molecule has 7 heteroatoms. The van der Waals surface area contributed by atoms with Gasteiger partial charge in [-0.25, -0.2) is 9.67 Å². The standard InChI is InChI=1S/C24H29N5O2/c1-16(24-10-17-7-18(11-24)9-19(8-17)12-24)6-22(30)26-13-23(31)28-20-2-4-21(5-3-20)29-15-25-14-27-29/h2-6,14-15,17-19H,7-13H2,1H3,(H,26,30)(H,28,31)/b16-6-. The van der Waals surface area contributed by atoms with E-state index in [4.69, 9.17) is 0 Å². The van der Waals surface area contributed by atoms with E-state index in [1.807, 2.05) is 12.1 Å². The molecule has 4 aliphatic rings. The van der Waals surface area contributed by atoms with E-state index in [2.05, 4.69) is 27.6 Å². The molecule has 1 aromatic heterocycles. The van der Waals surface area contributed by atoms with Crippen molar-refractivity contribution in [1.29, 1.82) is 0 Å². The zero-order valence-corrected chi connectivity index (χ0v) is 17.9. The molecule has 31 heavy (non-hydrogen) atoms. The first-order valence-corrected chi connectivity index (χ1v) is 11.2. The van der Waals surface area contributed by atoms with Gasteiger partial charge >= 0.3 is 0 Å². The van der Waals surface area contributed by atoms with E-state index in [1.165, 1.54) is 50.4 Å². The molecule has 4 saturated carbocycles. The molecule has 0 aliphatic heterocycles. The van der Waals surface area contributed by atoms with Crippen molar-refractivity contribution in [2.75, 3.05) is 11.9 Å². The van der Waals surface area contributed by atoms with Gasteiger partial charge in [-0.2, -0.15) is 5.10 Å². The van der Waals surface area contributed by atoms with Gasteiger partial charge in [0.1, 0.15) is 12.7 Å². The maximum atomic E-state index is 12.5. The number of benzene rings is 1. The highest BCUT2D eigenvalue weighted by atomic mass is 16.2. The molecular weight excluding hydrogens is 390 g/mol. The molecule has 4 fully saturated rings. The molecule has 2 N–H and O–H groups in total. The van der Waals surface area contributed by atoms with Crippen LogP contribution in [0.25, 0.3) is 5.69 Å². The van der Waals surface area contributed by atoms with Crippen LogP contribution in [0.5, 0.6) is 0 Å². The minimum Gasteiger partial charge on any atom is -0.343 e. The lowest BCUT2D eigenvalue weighted by Gasteiger charge is -2.57. The van der Waals surface area contributed by atoms with E-state index in [9.17, 15) is 9.59 Å². The fourth-order valence-corrected chi connectivity index (χ4v) is 6.41. The van der Waals surface area contributed by atoms with E-state index in [-0.39, 0.29) is 23.8 Å². The molecule has 0 saturated heterocycles. The second-order valence-corrected chi connectivity index (χ2v) is 9.68. The van der Waals surface area contributed by atoms with Crippen LogP contribution in [0, 0.1) is 23.2 Å². The Morgan fingerprint density at radius 1 is 1.10 bits per heavy atom. The lowest BCUT2D eigenvalue weighted by Crippen LogP contribution is -2.46. The number of carbonyl (C=O) groups excluding carboxylic acids is 2. The third-order valence-corrected chi connectivity index (χ3v) is 7.48. The maximum Gasteiger partial charge on any atom is 0.244 e. The third kappa shape index (κ3) is 4.13. The largest absolute Gasteiger partial charge is 0.343 e. The Hall–Kier alpha value is -2.96. The van der Waals surface area contributed by atoms with Crippen molar-refractivity contribution in [2.24, 2.45) is 23.2 Å². The molecule has 6 rings (SSSR count). The molecule has 1 heterocycles. The number of anilines is 1. The lowest BCUT2D eigenvalue weighted by molar-refractivity contribution is -0.121. The Balaban J connectivity index is 1.14. The van der Waals surface area contributed by atoms with Gasteiger partial charge in [0.15, 0.2) is 0 Å². The average molecular weight is 420 g/mol. The summed E-state index contributed by atoms with van der Waals surface area (Å²) in [5, 5.41) is 9.64. The van der Waals surface area contributed by atoms with Crippen LogP contribution in [-0.4, -0.2) is 33.1 Å². The number of nitrogens with zero attached hydrogens (tertiary/aromatic N) is 3. The van der Waals surface area contributed by atoms with E-state index >= 15 is 0 Å². The summed E-state index contributed by atoms with van der Waals surface area (Å²) in [4.78, 5) is 28.7. The Labute approximate surface area is 182 Å². The van der Waals surface area contributed by atoms with Gasteiger partial charge in [-0.05, 0) is 92.9 Å². The fraction of sp³-hybridized carbons (Fsp3) is 0.500. The van der Waals surface area contributed by atoms with Gasteiger partial charge in [-0.15, -0.1) is 0 Å². The molecule has 2 amide bonds. The van der Waals surface area contributed by atoms with Crippen molar-refractivity contribution in [3.63, 3.8) is 0 Å². The average Bonchev–Trinajstić information content (AvgIpc) is 3.27. The molecule has 4 bridgehead atoms. The molecule has 162 valence electrons. The van der Waals surface area contributed by atoms with Crippen molar-refractivity contribution in [3.05, 3.63) is 48.6 Å². The summed E-state index contributed by atoms with van der Waals surface area (Å²) in [6.07, 6.45) is 12.7. The van der Waals surface area contributed by atoms with E-state index in [0.717, 1.165) is 23.4 Å². The van der Waals surface area contributed by atoms with Crippen LogP contribution in [0.2, 0.25) is 0 Å². The Kier molecular flexibility index (Phi) is 5.12. The van der Waals surface area contributed by atoms with Gasteiger partial charge < -0.3 is 10.6 Å². The number of nitrogens with one attached hydrogen (secondary N) is 2. The molecule has 2 aromatic rings. The minimum absolute atomic E-state index is 0.0473. The first kappa shape index (κ1) is 20.0. The molecule has 7 nitrogen and oxygen atoms in total. The Morgan fingerprint density at radius 2 is 1.74 bits per heavy atom. The predicted octanol–water partition coefficient (Wildman–Crippen LogP) is 3.48. The fourth-order valence-electron chi connectivity index (χ4n) is 6.41. The Morgan fingerprint density at radius 3 is 2.32 bits per heavy atom. The highest BCUT2D eigenvalue weighted by molar-refractivity contribution is 5.96. The normalized spacial score (nSPS) is 29.1. The summed E-state index contributed by atoms with van der Waals surface area (Å²) in [7, 11) is 0. The molecule has 0 atom stereocenters. The van der Waals surface area contributed by atoms with Crippen LogP contribution >= 0.6 is 0 Å².